The number of carbonyl (C=O) groups is 1. The fourth-order valence-corrected chi connectivity index (χ4v) is 3.03. The Hall–Kier alpha value is 0.370. The van der Waals surface area contributed by atoms with E-state index < -0.39 is 0 Å². The first kappa shape index (κ1) is 12.4. The molecule has 0 heterocycles. The minimum atomic E-state index is 0.219. The zero-order chi connectivity index (χ0) is 9.78. The molecule has 3 heteroatoms. The quantitative estimate of drug-likeness (QED) is 0.706. The molecule has 0 fully saturated rings. The van der Waals surface area contributed by atoms with Gasteiger partial charge in [0.2, 0.25) is 0 Å². The highest BCUT2D eigenvalue weighted by Crippen LogP contribution is 2.29. The van der Waals surface area contributed by atoms with Crippen molar-refractivity contribution in [3.05, 3.63) is 0 Å². The Morgan fingerprint density at radius 1 is 1.42 bits per heavy atom. The van der Waals surface area contributed by atoms with Crippen molar-refractivity contribution >= 4 is 28.6 Å². The molecule has 72 valence electrons. The van der Waals surface area contributed by atoms with Gasteiger partial charge in [-0.25, -0.2) is 0 Å². The maximum absolute atomic E-state index is 10.7. The summed E-state index contributed by atoms with van der Waals surface area (Å²) in [7, 11) is 0. The average molecular weight is 206 g/mol. The first-order valence-corrected chi connectivity index (χ1v) is 5.99. The van der Waals surface area contributed by atoms with Crippen molar-refractivity contribution in [3.8, 4) is 0 Å². The largest absolute Gasteiger partial charge is 0.288 e. The zero-order valence-electron chi connectivity index (χ0n) is 8.51. The maximum Gasteiger partial charge on any atom is 0.185 e. The topological polar surface area (TPSA) is 17.1 Å². The molecule has 0 spiro atoms. The van der Waals surface area contributed by atoms with Crippen LogP contribution in [0, 0.1) is 0 Å². The SMILES string of the molecule is CC(=O)SC[C@@H](C)SC(C)(C)C. The molecule has 0 saturated heterocycles. The lowest BCUT2D eigenvalue weighted by atomic mass is 10.3. The predicted molar refractivity (Wildman–Crippen MR) is 59.9 cm³/mol. The molecule has 0 saturated carbocycles. The molecule has 0 bridgehead atoms. The first-order chi connectivity index (χ1) is 5.31. The zero-order valence-corrected chi connectivity index (χ0v) is 10.1. The number of rotatable bonds is 3. The van der Waals surface area contributed by atoms with Crippen LogP contribution in [0.2, 0.25) is 0 Å². The molecule has 0 unspecified atom stereocenters. The number of hydrogen-bond donors (Lipinski definition) is 0. The van der Waals surface area contributed by atoms with E-state index in [0.717, 1.165) is 5.75 Å². The maximum atomic E-state index is 10.7. The summed E-state index contributed by atoms with van der Waals surface area (Å²) in [5.41, 5.74) is 0. The highest BCUT2D eigenvalue weighted by molar-refractivity contribution is 8.14. The van der Waals surface area contributed by atoms with Crippen LogP contribution in [0.1, 0.15) is 34.6 Å². The predicted octanol–water partition coefficient (Wildman–Crippen LogP) is 3.19. The summed E-state index contributed by atoms with van der Waals surface area (Å²) in [6.07, 6.45) is 0. The molecule has 1 nitrogen and oxygen atoms in total. The van der Waals surface area contributed by atoms with E-state index in [0.29, 0.717) is 10.00 Å². The number of hydrogen-bond acceptors (Lipinski definition) is 3. The molecule has 0 N–H and O–H groups in total. The molecule has 1 atom stereocenters. The molecular weight excluding hydrogens is 188 g/mol. The van der Waals surface area contributed by atoms with Gasteiger partial charge in [-0.3, -0.25) is 4.79 Å². The van der Waals surface area contributed by atoms with Gasteiger partial charge in [0.25, 0.3) is 0 Å². The Kier molecular flexibility index (Phi) is 5.34. The minimum Gasteiger partial charge on any atom is -0.288 e. The van der Waals surface area contributed by atoms with Gasteiger partial charge < -0.3 is 0 Å². The highest BCUT2D eigenvalue weighted by atomic mass is 32.2. The molecular formula is C9H18OS2. The third-order valence-electron chi connectivity index (χ3n) is 1.08. The molecule has 0 aliphatic heterocycles. The average Bonchev–Trinajstić information content (AvgIpc) is 1.79. The molecule has 0 aliphatic carbocycles. The minimum absolute atomic E-state index is 0.219. The molecule has 12 heavy (non-hydrogen) atoms. The Balaban J connectivity index is 3.60. The smallest absolute Gasteiger partial charge is 0.185 e. The molecule has 0 aromatic rings. The molecule has 0 aliphatic rings. The lowest BCUT2D eigenvalue weighted by Gasteiger charge is -2.22. The van der Waals surface area contributed by atoms with Crippen LogP contribution < -0.4 is 0 Å². The molecule has 0 aromatic carbocycles. The Morgan fingerprint density at radius 3 is 2.25 bits per heavy atom. The van der Waals surface area contributed by atoms with Gasteiger partial charge in [-0.1, -0.05) is 39.5 Å². The van der Waals surface area contributed by atoms with E-state index in [1.165, 1.54) is 11.8 Å². The molecule has 0 rings (SSSR count). The Morgan fingerprint density at radius 2 is 1.92 bits per heavy atom. The fourth-order valence-electron chi connectivity index (χ4n) is 0.872. The normalized spacial score (nSPS) is 14.4. The van der Waals surface area contributed by atoms with Gasteiger partial charge in [-0.2, -0.15) is 11.8 Å². The van der Waals surface area contributed by atoms with Crippen LogP contribution in [0.15, 0.2) is 0 Å². The summed E-state index contributed by atoms with van der Waals surface area (Å²) in [5, 5.41) is 0.773. The Bertz CT molecular complexity index is 149. The van der Waals surface area contributed by atoms with Gasteiger partial charge in [0.15, 0.2) is 5.12 Å². The van der Waals surface area contributed by atoms with Crippen molar-refractivity contribution in [1.29, 1.82) is 0 Å². The van der Waals surface area contributed by atoms with E-state index in [1.807, 2.05) is 11.8 Å². The van der Waals surface area contributed by atoms with Crippen molar-refractivity contribution in [2.75, 3.05) is 5.75 Å². The van der Waals surface area contributed by atoms with Crippen LogP contribution in [0.3, 0.4) is 0 Å². The van der Waals surface area contributed by atoms with Crippen LogP contribution >= 0.6 is 23.5 Å². The van der Waals surface area contributed by atoms with Crippen molar-refractivity contribution in [2.45, 2.75) is 44.6 Å². The summed E-state index contributed by atoms with van der Waals surface area (Å²) in [6.45, 7) is 10.4. The van der Waals surface area contributed by atoms with Gasteiger partial charge in [0, 0.05) is 22.7 Å². The lowest BCUT2D eigenvalue weighted by Crippen LogP contribution is -2.15. The molecule has 0 radical (unpaired) electrons. The molecule has 0 aromatic heterocycles. The van der Waals surface area contributed by atoms with E-state index in [2.05, 4.69) is 27.7 Å². The van der Waals surface area contributed by atoms with Crippen LogP contribution in [0.25, 0.3) is 0 Å². The van der Waals surface area contributed by atoms with Crippen LogP contribution in [0.5, 0.6) is 0 Å². The lowest BCUT2D eigenvalue weighted by molar-refractivity contribution is -0.109. The standard InChI is InChI=1S/C9H18OS2/c1-7(6-11-8(2)10)12-9(3,4)5/h7H,6H2,1-5H3/t7-/m1/s1. The van der Waals surface area contributed by atoms with Crippen molar-refractivity contribution in [1.82, 2.24) is 0 Å². The number of carbonyl (C=O) groups excluding carboxylic acids is 1. The monoisotopic (exact) mass is 206 g/mol. The van der Waals surface area contributed by atoms with E-state index in [1.54, 1.807) is 6.92 Å². The summed E-state index contributed by atoms with van der Waals surface area (Å²) in [6, 6.07) is 0. The van der Waals surface area contributed by atoms with Gasteiger partial charge in [-0.15, -0.1) is 0 Å². The van der Waals surface area contributed by atoms with Gasteiger partial charge in [0.1, 0.15) is 0 Å². The van der Waals surface area contributed by atoms with E-state index >= 15 is 0 Å². The van der Waals surface area contributed by atoms with E-state index in [-0.39, 0.29) is 5.12 Å². The first-order valence-electron chi connectivity index (χ1n) is 4.12. The van der Waals surface area contributed by atoms with Crippen LogP contribution in [-0.4, -0.2) is 20.9 Å². The van der Waals surface area contributed by atoms with Crippen LogP contribution in [0.4, 0.5) is 0 Å². The second kappa shape index (κ2) is 5.18. The second-order valence-electron chi connectivity index (χ2n) is 3.84. The van der Waals surface area contributed by atoms with Crippen LogP contribution in [-0.2, 0) is 4.79 Å². The fraction of sp³-hybridized carbons (Fsp3) is 0.889. The Labute approximate surface area is 84.1 Å². The van der Waals surface area contributed by atoms with E-state index in [4.69, 9.17) is 0 Å². The van der Waals surface area contributed by atoms with Gasteiger partial charge in [-0.05, 0) is 0 Å². The highest BCUT2D eigenvalue weighted by Gasteiger charge is 2.15. The number of thioether (sulfide) groups is 2. The van der Waals surface area contributed by atoms with E-state index in [9.17, 15) is 4.79 Å². The summed E-state index contributed by atoms with van der Waals surface area (Å²) >= 11 is 3.35. The third-order valence-corrected chi connectivity index (χ3v) is 3.64. The van der Waals surface area contributed by atoms with Crippen molar-refractivity contribution in [2.24, 2.45) is 0 Å². The van der Waals surface area contributed by atoms with Gasteiger partial charge >= 0.3 is 0 Å². The summed E-state index contributed by atoms with van der Waals surface area (Å²) < 4.78 is 0.302. The van der Waals surface area contributed by atoms with Crippen molar-refractivity contribution in [3.63, 3.8) is 0 Å². The third kappa shape index (κ3) is 8.47. The summed E-state index contributed by atoms with van der Waals surface area (Å²) in [4.78, 5) is 10.7. The molecule has 0 amide bonds. The second-order valence-corrected chi connectivity index (χ2v) is 7.31. The summed E-state index contributed by atoms with van der Waals surface area (Å²) in [5.74, 6) is 0.928. The van der Waals surface area contributed by atoms with Crippen molar-refractivity contribution < 1.29 is 4.79 Å². The van der Waals surface area contributed by atoms with Gasteiger partial charge in [0.05, 0.1) is 0 Å².